The van der Waals surface area contributed by atoms with Gasteiger partial charge in [-0.3, -0.25) is 4.79 Å². The molecule has 0 aliphatic carbocycles. The number of hydrogen-bond acceptors (Lipinski definition) is 3. The third-order valence-electron chi connectivity index (χ3n) is 4.57. The summed E-state index contributed by atoms with van der Waals surface area (Å²) in [5.41, 5.74) is 3.70. The van der Waals surface area contributed by atoms with E-state index < -0.39 is 17.5 Å². The Labute approximate surface area is 155 Å². The monoisotopic (exact) mass is 375 g/mol. The lowest BCUT2D eigenvalue weighted by molar-refractivity contribution is 0.0954. The zero-order chi connectivity index (χ0) is 19.4. The maximum absolute atomic E-state index is 14.5. The number of benzene rings is 2. The van der Waals surface area contributed by atoms with Crippen LogP contribution in [0, 0.1) is 17.5 Å². The number of halogens is 3. The molecule has 2 aromatic carbocycles. The quantitative estimate of drug-likeness (QED) is 0.641. The first-order valence-corrected chi connectivity index (χ1v) is 8.80. The number of nitrogens with one attached hydrogen (secondary N) is 1. The van der Waals surface area contributed by atoms with Crippen molar-refractivity contribution in [3.63, 3.8) is 0 Å². The fourth-order valence-electron chi connectivity index (χ4n) is 3.02. The second-order valence-electron chi connectivity index (χ2n) is 6.48. The maximum Gasteiger partial charge on any atom is 0.271 e. The Balaban J connectivity index is 1.70. The number of piperidine rings is 1. The molecule has 0 atom stereocenters. The summed E-state index contributed by atoms with van der Waals surface area (Å²) in [5.74, 6) is -3.16. The molecule has 7 heteroatoms. The smallest absolute Gasteiger partial charge is 0.271 e. The molecule has 0 aromatic heterocycles. The summed E-state index contributed by atoms with van der Waals surface area (Å²) < 4.78 is 40.6. The van der Waals surface area contributed by atoms with Gasteiger partial charge in [-0.2, -0.15) is 5.10 Å². The van der Waals surface area contributed by atoms with Gasteiger partial charge in [-0.15, -0.1) is 0 Å². The second kappa shape index (κ2) is 8.24. The Kier molecular flexibility index (Phi) is 5.78. The molecule has 4 nitrogen and oxygen atoms in total. The predicted molar refractivity (Wildman–Crippen MR) is 98.5 cm³/mol. The number of amides is 1. The van der Waals surface area contributed by atoms with Crippen LogP contribution in [0.1, 0.15) is 42.1 Å². The van der Waals surface area contributed by atoms with Crippen molar-refractivity contribution >= 4 is 17.3 Å². The van der Waals surface area contributed by atoms with Crippen molar-refractivity contribution in [3.8, 4) is 0 Å². The predicted octanol–water partition coefficient (Wildman–Crippen LogP) is 4.25. The molecule has 0 spiro atoms. The number of nitrogens with zero attached hydrogens (tertiary/aromatic N) is 2. The topological polar surface area (TPSA) is 44.7 Å². The van der Waals surface area contributed by atoms with Crippen LogP contribution in [0.5, 0.6) is 0 Å². The molecule has 1 heterocycles. The number of carbonyl (C=O) groups is 1. The molecule has 0 radical (unpaired) electrons. The van der Waals surface area contributed by atoms with E-state index in [1.54, 1.807) is 19.1 Å². The van der Waals surface area contributed by atoms with Crippen LogP contribution < -0.4 is 10.3 Å². The highest BCUT2D eigenvalue weighted by Gasteiger charge is 2.15. The third-order valence-corrected chi connectivity index (χ3v) is 4.57. The summed E-state index contributed by atoms with van der Waals surface area (Å²) in [6.45, 7) is 3.31. The molecule has 27 heavy (non-hydrogen) atoms. The third kappa shape index (κ3) is 4.48. The highest BCUT2D eigenvalue weighted by molar-refractivity contribution is 6.01. The standard InChI is InChI=1S/C20H20F3N3O/c1-13(24-25-20(27)15-5-7-16(21)17(22)12-15)14-6-8-19(18(23)11-14)26-9-3-2-4-10-26/h5-8,11-12H,2-4,9-10H2,1H3,(H,25,27). The van der Waals surface area contributed by atoms with E-state index in [2.05, 4.69) is 10.5 Å². The molecule has 2 aromatic rings. The van der Waals surface area contributed by atoms with E-state index in [-0.39, 0.29) is 11.4 Å². The molecular weight excluding hydrogens is 355 g/mol. The van der Waals surface area contributed by atoms with Gasteiger partial charge in [0.15, 0.2) is 11.6 Å². The van der Waals surface area contributed by atoms with Crippen LogP contribution in [0.15, 0.2) is 41.5 Å². The van der Waals surface area contributed by atoms with E-state index in [1.165, 1.54) is 12.5 Å². The maximum atomic E-state index is 14.5. The highest BCUT2D eigenvalue weighted by atomic mass is 19.2. The number of hydrogen-bond donors (Lipinski definition) is 1. The minimum absolute atomic E-state index is 0.0583. The Morgan fingerprint density at radius 2 is 1.59 bits per heavy atom. The number of carbonyl (C=O) groups excluding carboxylic acids is 1. The molecule has 142 valence electrons. The zero-order valence-electron chi connectivity index (χ0n) is 14.9. The Morgan fingerprint density at radius 3 is 2.26 bits per heavy atom. The second-order valence-corrected chi connectivity index (χ2v) is 6.48. The van der Waals surface area contributed by atoms with Crippen LogP contribution in [-0.4, -0.2) is 24.7 Å². The van der Waals surface area contributed by atoms with Crippen LogP contribution in [0.3, 0.4) is 0 Å². The first kappa shape index (κ1) is 18.9. The van der Waals surface area contributed by atoms with E-state index in [9.17, 15) is 18.0 Å². The molecule has 1 amide bonds. The lowest BCUT2D eigenvalue weighted by atomic mass is 10.1. The van der Waals surface area contributed by atoms with Crippen molar-refractivity contribution < 1.29 is 18.0 Å². The first-order valence-electron chi connectivity index (χ1n) is 8.80. The molecule has 1 aliphatic heterocycles. The highest BCUT2D eigenvalue weighted by Crippen LogP contribution is 2.24. The number of rotatable bonds is 4. The van der Waals surface area contributed by atoms with Gasteiger partial charge in [0.2, 0.25) is 0 Å². The van der Waals surface area contributed by atoms with Gasteiger partial charge in [0.05, 0.1) is 11.4 Å². The number of anilines is 1. The summed E-state index contributed by atoms with van der Waals surface area (Å²) in [5, 5.41) is 3.93. The van der Waals surface area contributed by atoms with Crippen molar-refractivity contribution in [1.29, 1.82) is 0 Å². The van der Waals surface area contributed by atoms with Gasteiger partial charge in [-0.1, -0.05) is 6.07 Å². The zero-order valence-corrected chi connectivity index (χ0v) is 14.9. The minimum atomic E-state index is -1.11. The average molecular weight is 375 g/mol. The fourth-order valence-corrected chi connectivity index (χ4v) is 3.02. The van der Waals surface area contributed by atoms with E-state index >= 15 is 0 Å². The average Bonchev–Trinajstić information content (AvgIpc) is 2.68. The Hall–Kier alpha value is -2.83. The van der Waals surface area contributed by atoms with Crippen molar-refractivity contribution in [1.82, 2.24) is 5.43 Å². The molecule has 0 saturated carbocycles. The van der Waals surface area contributed by atoms with Gasteiger partial charge in [0.25, 0.3) is 5.91 Å². The molecular formula is C20H20F3N3O. The lowest BCUT2D eigenvalue weighted by Crippen LogP contribution is -2.30. The Morgan fingerprint density at radius 1 is 0.926 bits per heavy atom. The van der Waals surface area contributed by atoms with Crippen molar-refractivity contribution in [2.45, 2.75) is 26.2 Å². The molecule has 1 saturated heterocycles. The van der Waals surface area contributed by atoms with Gasteiger partial charge in [0, 0.05) is 24.2 Å². The van der Waals surface area contributed by atoms with Crippen LogP contribution in [-0.2, 0) is 0 Å². The molecule has 0 unspecified atom stereocenters. The van der Waals surface area contributed by atoms with E-state index in [4.69, 9.17) is 0 Å². The largest absolute Gasteiger partial charge is 0.369 e. The van der Waals surface area contributed by atoms with Gasteiger partial charge in [-0.05, 0) is 56.5 Å². The van der Waals surface area contributed by atoms with Crippen LogP contribution in [0.4, 0.5) is 18.9 Å². The summed E-state index contributed by atoms with van der Waals surface area (Å²) in [6, 6.07) is 7.66. The van der Waals surface area contributed by atoms with E-state index in [1.807, 2.05) is 4.90 Å². The van der Waals surface area contributed by atoms with Gasteiger partial charge in [0.1, 0.15) is 5.82 Å². The SMILES string of the molecule is CC(=NNC(=O)c1ccc(F)c(F)c1)c1ccc(N2CCCCC2)c(F)c1. The molecule has 1 aliphatic rings. The summed E-state index contributed by atoms with van der Waals surface area (Å²) >= 11 is 0. The summed E-state index contributed by atoms with van der Waals surface area (Å²) in [6.07, 6.45) is 3.27. The normalized spacial score (nSPS) is 15.0. The van der Waals surface area contributed by atoms with Gasteiger partial charge < -0.3 is 4.90 Å². The van der Waals surface area contributed by atoms with Crippen LogP contribution in [0.2, 0.25) is 0 Å². The van der Waals surface area contributed by atoms with Crippen LogP contribution in [0.25, 0.3) is 0 Å². The minimum Gasteiger partial charge on any atom is -0.369 e. The number of hydrazone groups is 1. The molecule has 0 bridgehead atoms. The molecule has 3 rings (SSSR count). The Bertz CT molecular complexity index is 877. The van der Waals surface area contributed by atoms with Crippen molar-refractivity contribution in [2.24, 2.45) is 5.10 Å². The molecule has 1 fully saturated rings. The van der Waals surface area contributed by atoms with E-state index in [0.717, 1.165) is 44.1 Å². The summed E-state index contributed by atoms with van der Waals surface area (Å²) in [7, 11) is 0. The van der Waals surface area contributed by atoms with Gasteiger partial charge >= 0.3 is 0 Å². The van der Waals surface area contributed by atoms with Gasteiger partial charge in [-0.25, -0.2) is 18.6 Å². The van der Waals surface area contributed by atoms with Crippen LogP contribution >= 0.6 is 0 Å². The summed E-state index contributed by atoms with van der Waals surface area (Å²) in [4.78, 5) is 14.0. The lowest BCUT2D eigenvalue weighted by Gasteiger charge is -2.29. The molecule has 1 N–H and O–H groups in total. The van der Waals surface area contributed by atoms with Crippen molar-refractivity contribution in [3.05, 3.63) is 65.0 Å². The van der Waals surface area contributed by atoms with E-state index in [0.29, 0.717) is 17.0 Å². The first-order chi connectivity index (χ1) is 13.0. The fraction of sp³-hybridized carbons (Fsp3) is 0.300. The van der Waals surface area contributed by atoms with Crippen molar-refractivity contribution in [2.75, 3.05) is 18.0 Å².